The van der Waals surface area contributed by atoms with Crippen molar-refractivity contribution in [3.05, 3.63) is 63.2 Å². The van der Waals surface area contributed by atoms with E-state index in [0.29, 0.717) is 5.92 Å². The van der Waals surface area contributed by atoms with E-state index in [2.05, 4.69) is 37.4 Å². The quantitative estimate of drug-likeness (QED) is 0.613. The fraction of sp³-hybridized carbons (Fsp3) is 0.333. The molecule has 3 rings (SSSR count). The van der Waals surface area contributed by atoms with Gasteiger partial charge >= 0.3 is 0 Å². The molecule has 0 aromatic heterocycles. The van der Waals surface area contributed by atoms with Gasteiger partial charge in [-0.15, -0.1) is 0 Å². The molecule has 0 saturated heterocycles. The summed E-state index contributed by atoms with van der Waals surface area (Å²) in [7, 11) is -3.94. The molecule has 26 heavy (non-hydrogen) atoms. The molecule has 0 radical (unpaired) electrons. The largest absolute Gasteiger partial charge is 0.373 e. The first-order chi connectivity index (χ1) is 12.2. The summed E-state index contributed by atoms with van der Waals surface area (Å²) < 4.78 is 23.2. The third-order valence-corrected chi connectivity index (χ3v) is 5.65. The Balaban J connectivity index is 2.00. The molecule has 2 aromatic carbocycles. The number of nitrogens with one attached hydrogen (secondary N) is 1. The minimum atomic E-state index is -3.94. The van der Waals surface area contributed by atoms with Crippen LogP contribution in [0.5, 0.6) is 0 Å². The molecule has 0 aliphatic heterocycles. The van der Waals surface area contributed by atoms with Crippen molar-refractivity contribution >= 4 is 21.4 Å². The van der Waals surface area contributed by atoms with Gasteiger partial charge in [-0.3, -0.25) is 10.1 Å². The molecule has 1 aliphatic rings. The van der Waals surface area contributed by atoms with Crippen LogP contribution in [-0.2, 0) is 16.4 Å². The SMILES string of the molecule is CC(C)c1ccc2c(c1)C(Nc1cc(S(N)(=O)=O)ccc1[N+](=O)[O-])CC2. The highest BCUT2D eigenvalue weighted by molar-refractivity contribution is 7.89. The van der Waals surface area contributed by atoms with Gasteiger partial charge in [0, 0.05) is 6.07 Å². The zero-order chi connectivity index (χ0) is 19.1. The number of anilines is 1. The molecule has 1 unspecified atom stereocenters. The van der Waals surface area contributed by atoms with Crippen molar-refractivity contribution in [3.8, 4) is 0 Å². The summed E-state index contributed by atoms with van der Waals surface area (Å²) >= 11 is 0. The fourth-order valence-electron chi connectivity index (χ4n) is 3.28. The molecule has 0 heterocycles. The van der Waals surface area contributed by atoms with E-state index < -0.39 is 14.9 Å². The zero-order valence-corrected chi connectivity index (χ0v) is 15.4. The molecular formula is C18H21N3O4S. The molecule has 0 amide bonds. The highest BCUT2D eigenvalue weighted by Gasteiger charge is 2.26. The number of aryl methyl sites for hydroxylation is 1. The Morgan fingerprint density at radius 3 is 2.58 bits per heavy atom. The van der Waals surface area contributed by atoms with Gasteiger partial charge in [0.05, 0.1) is 15.9 Å². The van der Waals surface area contributed by atoms with Gasteiger partial charge in [-0.05, 0) is 47.6 Å². The lowest BCUT2D eigenvalue weighted by Gasteiger charge is -2.17. The molecule has 138 valence electrons. The first-order valence-electron chi connectivity index (χ1n) is 8.37. The third-order valence-electron chi connectivity index (χ3n) is 4.74. The maximum absolute atomic E-state index is 11.6. The molecule has 1 aliphatic carbocycles. The minimum Gasteiger partial charge on any atom is -0.373 e. The van der Waals surface area contributed by atoms with Crippen molar-refractivity contribution in [2.75, 3.05) is 5.32 Å². The van der Waals surface area contributed by atoms with Gasteiger partial charge < -0.3 is 5.32 Å². The van der Waals surface area contributed by atoms with Crippen LogP contribution in [0.1, 0.15) is 48.9 Å². The van der Waals surface area contributed by atoms with E-state index in [0.717, 1.165) is 24.5 Å². The summed E-state index contributed by atoms with van der Waals surface area (Å²) in [6.07, 6.45) is 1.65. The number of nitro benzene ring substituents is 1. The summed E-state index contributed by atoms with van der Waals surface area (Å²) in [6, 6.07) is 9.77. The normalized spacial score (nSPS) is 16.5. The Bertz CT molecular complexity index is 970. The summed E-state index contributed by atoms with van der Waals surface area (Å²) in [4.78, 5) is 10.6. The standard InChI is InChI=1S/C18H21N3O4S/c1-11(2)13-4-3-12-5-7-16(15(12)9-13)20-17-10-14(26(19,24)25)6-8-18(17)21(22)23/h3-4,6,8-11,16,20H,5,7H2,1-2H3,(H2,19,24,25). The molecule has 3 N–H and O–H groups in total. The molecule has 0 saturated carbocycles. The smallest absolute Gasteiger partial charge is 0.292 e. The van der Waals surface area contributed by atoms with Crippen LogP contribution in [0.2, 0.25) is 0 Å². The Kier molecular flexibility index (Phi) is 4.72. The zero-order valence-electron chi connectivity index (χ0n) is 14.6. The van der Waals surface area contributed by atoms with E-state index in [4.69, 9.17) is 5.14 Å². The van der Waals surface area contributed by atoms with Crippen LogP contribution < -0.4 is 10.5 Å². The average molecular weight is 375 g/mol. The van der Waals surface area contributed by atoms with Crippen LogP contribution in [0.4, 0.5) is 11.4 Å². The average Bonchev–Trinajstić information content (AvgIpc) is 2.96. The number of hydrogen-bond donors (Lipinski definition) is 2. The number of fused-ring (bicyclic) bond motifs is 1. The number of sulfonamides is 1. The van der Waals surface area contributed by atoms with Crippen molar-refractivity contribution in [2.45, 2.75) is 43.5 Å². The van der Waals surface area contributed by atoms with Crippen LogP contribution >= 0.6 is 0 Å². The Morgan fingerprint density at radius 2 is 1.96 bits per heavy atom. The highest BCUT2D eigenvalue weighted by Crippen LogP contribution is 2.38. The highest BCUT2D eigenvalue weighted by atomic mass is 32.2. The van der Waals surface area contributed by atoms with Crippen LogP contribution in [-0.4, -0.2) is 13.3 Å². The molecule has 0 bridgehead atoms. The number of rotatable bonds is 5. The predicted octanol–water partition coefficient (Wildman–Crippen LogP) is 3.47. The lowest BCUT2D eigenvalue weighted by atomic mass is 9.97. The van der Waals surface area contributed by atoms with Gasteiger partial charge in [-0.2, -0.15) is 0 Å². The van der Waals surface area contributed by atoms with Crippen molar-refractivity contribution < 1.29 is 13.3 Å². The second-order valence-electron chi connectivity index (χ2n) is 6.83. The molecular weight excluding hydrogens is 354 g/mol. The maximum Gasteiger partial charge on any atom is 0.292 e. The monoisotopic (exact) mass is 375 g/mol. The van der Waals surface area contributed by atoms with Gasteiger partial charge in [-0.1, -0.05) is 32.0 Å². The first-order valence-corrected chi connectivity index (χ1v) is 9.92. The van der Waals surface area contributed by atoms with E-state index in [1.54, 1.807) is 0 Å². The predicted molar refractivity (Wildman–Crippen MR) is 99.7 cm³/mol. The summed E-state index contributed by atoms with van der Waals surface area (Å²) in [6.45, 7) is 4.22. The Hall–Kier alpha value is -2.45. The van der Waals surface area contributed by atoms with Crippen molar-refractivity contribution in [3.63, 3.8) is 0 Å². The van der Waals surface area contributed by atoms with Crippen LogP contribution in [0, 0.1) is 10.1 Å². The van der Waals surface area contributed by atoms with Crippen molar-refractivity contribution in [2.24, 2.45) is 5.14 Å². The van der Waals surface area contributed by atoms with Gasteiger partial charge in [0.15, 0.2) is 0 Å². The summed E-state index contributed by atoms with van der Waals surface area (Å²) in [5.41, 5.74) is 3.49. The molecule has 7 nitrogen and oxygen atoms in total. The van der Waals surface area contributed by atoms with E-state index in [-0.39, 0.29) is 22.3 Å². The number of nitrogens with two attached hydrogens (primary N) is 1. The van der Waals surface area contributed by atoms with Gasteiger partial charge in [0.1, 0.15) is 5.69 Å². The molecule has 0 fully saturated rings. The number of primary sulfonamides is 1. The van der Waals surface area contributed by atoms with E-state index in [1.165, 1.54) is 23.3 Å². The topological polar surface area (TPSA) is 115 Å². The van der Waals surface area contributed by atoms with Gasteiger partial charge in [-0.25, -0.2) is 13.6 Å². The second-order valence-corrected chi connectivity index (χ2v) is 8.39. The van der Waals surface area contributed by atoms with E-state index in [1.807, 2.05) is 0 Å². The van der Waals surface area contributed by atoms with E-state index in [9.17, 15) is 18.5 Å². The molecule has 2 aromatic rings. The summed E-state index contributed by atoms with van der Waals surface area (Å²) in [5, 5.41) is 19.7. The lowest BCUT2D eigenvalue weighted by Crippen LogP contribution is -2.14. The third kappa shape index (κ3) is 3.56. The Morgan fingerprint density at radius 1 is 1.23 bits per heavy atom. The molecule has 0 spiro atoms. The van der Waals surface area contributed by atoms with Gasteiger partial charge in [0.2, 0.25) is 10.0 Å². The molecule has 8 heteroatoms. The summed E-state index contributed by atoms with van der Waals surface area (Å²) in [5.74, 6) is 0.376. The maximum atomic E-state index is 11.6. The van der Waals surface area contributed by atoms with Crippen LogP contribution in [0.3, 0.4) is 0 Å². The van der Waals surface area contributed by atoms with Gasteiger partial charge in [0.25, 0.3) is 5.69 Å². The number of hydrogen-bond acceptors (Lipinski definition) is 5. The fourth-order valence-corrected chi connectivity index (χ4v) is 3.82. The number of nitro groups is 1. The molecule has 1 atom stereocenters. The first kappa shape index (κ1) is 18.3. The second kappa shape index (κ2) is 6.69. The van der Waals surface area contributed by atoms with Crippen molar-refractivity contribution in [1.29, 1.82) is 0 Å². The van der Waals surface area contributed by atoms with Crippen LogP contribution in [0.25, 0.3) is 0 Å². The Labute approximate surface area is 152 Å². The lowest BCUT2D eigenvalue weighted by molar-refractivity contribution is -0.384. The van der Waals surface area contributed by atoms with Crippen LogP contribution in [0.15, 0.2) is 41.3 Å². The number of benzene rings is 2. The number of nitrogens with zero attached hydrogens (tertiary/aromatic N) is 1. The minimum absolute atomic E-state index is 0.113. The van der Waals surface area contributed by atoms with Crippen molar-refractivity contribution in [1.82, 2.24) is 0 Å². The van der Waals surface area contributed by atoms with E-state index >= 15 is 0 Å².